The van der Waals surface area contributed by atoms with Crippen molar-refractivity contribution in [1.29, 1.82) is 0 Å². The molecule has 0 aliphatic carbocycles. The molecule has 0 fully saturated rings. The van der Waals surface area contributed by atoms with E-state index in [1.807, 2.05) is 40.2 Å². The number of rotatable bonds is 9. The zero-order valence-corrected chi connectivity index (χ0v) is 12.3. The number of likely N-dealkylation sites (N-methyl/N-ethyl adjacent to an activating group) is 1. The van der Waals surface area contributed by atoms with Gasteiger partial charge in [-0.15, -0.1) is 0 Å². The maximum Gasteiger partial charge on any atom is 0.306 e. The number of hydrogen-bond acceptors (Lipinski definition) is 4. The maximum absolute atomic E-state index is 11.6. The number of carboxylic acids is 1. The summed E-state index contributed by atoms with van der Waals surface area (Å²) in [6.45, 7) is 2.38. The first kappa shape index (κ1) is 17.6. The van der Waals surface area contributed by atoms with Gasteiger partial charge in [0, 0.05) is 18.8 Å². The Kier molecular flexibility index (Phi) is 8.07. The topological polar surface area (TPSA) is 66.4 Å². The van der Waals surface area contributed by atoms with Crippen molar-refractivity contribution in [3.8, 4) is 0 Å². The molecule has 0 aromatic carbocycles. The number of aliphatic carboxylic acids is 1. The van der Waals surface area contributed by atoms with Crippen LogP contribution >= 0.6 is 0 Å². The largest absolute Gasteiger partial charge is 0.550 e. The van der Waals surface area contributed by atoms with Gasteiger partial charge in [0.1, 0.15) is 6.54 Å². The lowest BCUT2D eigenvalue weighted by Gasteiger charge is -2.29. The Hall–Kier alpha value is -1.36. The van der Waals surface area contributed by atoms with Crippen LogP contribution in [0.1, 0.15) is 32.6 Å². The van der Waals surface area contributed by atoms with Crippen LogP contribution in [0.15, 0.2) is 12.2 Å². The third-order valence-electron chi connectivity index (χ3n) is 2.43. The summed E-state index contributed by atoms with van der Waals surface area (Å²) >= 11 is 0. The summed E-state index contributed by atoms with van der Waals surface area (Å²) in [5.74, 6) is -1.54. The average Bonchev–Trinajstić information content (AvgIpc) is 2.20. The van der Waals surface area contributed by atoms with Crippen LogP contribution in [0.5, 0.6) is 0 Å². The normalized spacial score (nSPS) is 13.5. The molecule has 19 heavy (non-hydrogen) atoms. The molecule has 0 saturated heterocycles. The number of allylic oxidation sites excluding steroid dienone is 2. The smallest absolute Gasteiger partial charge is 0.306 e. The van der Waals surface area contributed by atoms with E-state index in [1.54, 1.807) is 0 Å². The van der Waals surface area contributed by atoms with Crippen LogP contribution < -0.4 is 5.11 Å². The van der Waals surface area contributed by atoms with Crippen molar-refractivity contribution in [1.82, 2.24) is 0 Å². The molecule has 1 atom stereocenters. The summed E-state index contributed by atoms with van der Waals surface area (Å²) in [5, 5.41) is 10.7. The Morgan fingerprint density at radius 3 is 2.42 bits per heavy atom. The molecule has 0 saturated carbocycles. The minimum atomic E-state index is -1.19. The van der Waals surface area contributed by atoms with Crippen LogP contribution in [-0.2, 0) is 14.3 Å². The number of quaternary nitrogens is 1. The Morgan fingerprint density at radius 1 is 1.32 bits per heavy atom. The lowest BCUT2D eigenvalue weighted by atomic mass is 10.2. The Labute approximate surface area is 115 Å². The van der Waals surface area contributed by atoms with E-state index >= 15 is 0 Å². The van der Waals surface area contributed by atoms with Crippen molar-refractivity contribution in [3.05, 3.63) is 12.2 Å². The van der Waals surface area contributed by atoms with Crippen LogP contribution in [0, 0.1) is 0 Å². The first-order valence-electron chi connectivity index (χ1n) is 6.55. The first-order chi connectivity index (χ1) is 8.74. The lowest BCUT2D eigenvalue weighted by molar-refractivity contribution is -0.873. The predicted octanol–water partition coefficient (Wildman–Crippen LogP) is 0.491. The van der Waals surface area contributed by atoms with Gasteiger partial charge in [-0.05, 0) is 19.8 Å². The lowest BCUT2D eigenvalue weighted by Crippen LogP contribution is -2.45. The molecule has 0 amide bonds. The van der Waals surface area contributed by atoms with Gasteiger partial charge in [-0.1, -0.05) is 12.2 Å². The summed E-state index contributed by atoms with van der Waals surface area (Å²) in [7, 11) is 5.76. The zero-order valence-electron chi connectivity index (χ0n) is 12.3. The molecular formula is C14H25NO4. The van der Waals surface area contributed by atoms with E-state index in [1.165, 1.54) is 0 Å². The number of ether oxygens (including phenoxy) is 1. The molecule has 0 aliphatic rings. The van der Waals surface area contributed by atoms with E-state index in [0.717, 1.165) is 6.42 Å². The quantitative estimate of drug-likeness (QED) is 0.265. The van der Waals surface area contributed by atoms with E-state index in [9.17, 15) is 14.7 Å². The number of hydrogen-bond donors (Lipinski definition) is 0. The molecular weight excluding hydrogens is 246 g/mol. The van der Waals surface area contributed by atoms with Crippen LogP contribution in [0.2, 0.25) is 0 Å². The van der Waals surface area contributed by atoms with Gasteiger partial charge in [-0.3, -0.25) is 4.79 Å². The molecule has 0 bridgehead atoms. The molecule has 0 radical (unpaired) electrons. The predicted molar refractivity (Wildman–Crippen MR) is 71.1 cm³/mol. The SMILES string of the molecule is C/C=C/CCCC(=O)OC(CC(=O)[O-])C[N+](C)(C)C. The third-order valence-corrected chi connectivity index (χ3v) is 2.43. The van der Waals surface area contributed by atoms with Gasteiger partial charge < -0.3 is 19.1 Å². The van der Waals surface area contributed by atoms with Gasteiger partial charge in [0.25, 0.3) is 0 Å². The standard InChI is InChI=1S/C14H25NO4/c1-5-6-7-8-9-14(18)19-12(10-13(16)17)11-15(2,3)4/h5-6,12H,7-11H2,1-4H3/b6-5+. The third kappa shape index (κ3) is 11.5. The van der Waals surface area contributed by atoms with Crippen molar-refractivity contribution in [2.24, 2.45) is 0 Å². The summed E-state index contributed by atoms with van der Waals surface area (Å²) < 4.78 is 5.75. The van der Waals surface area contributed by atoms with E-state index in [4.69, 9.17) is 4.74 Å². The molecule has 110 valence electrons. The minimum absolute atomic E-state index is 0.254. The summed E-state index contributed by atoms with van der Waals surface area (Å²) in [5.41, 5.74) is 0. The summed E-state index contributed by atoms with van der Waals surface area (Å²) in [4.78, 5) is 22.3. The molecule has 0 N–H and O–H groups in total. The van der Waals surface area contributed by atoms with Gasteiger partial charge in [0.15, 0.2) is 6.10 Å². The molecule has 0 aliphatic heterocycles. The number of carboxylic acid groups (broad SMARTS) is 1. The van der Waals surface area contributed by atoms with Crippen molar-refractivity contribution in [2.75, 3.05) is 27.7 Å². The second-order valence-corrected chi connectivity index (χ2v) is 5.62. The number of carbonyl (C=O) groups is 2. The summed E-state index contributed by atoms with van der Waals surface area (Å²) in [6, 6.07) is 0. The van der Waals surface area contributed by atoms with Gasteiger partial charge in [-0.25, -0.2) is 0 Å². The molecule has 0 heterocycles. The van der Waals surface area contributed by atoms with Crippen molar-refractivity contribution < 1.29 is 23.9 Å². The van der Waals surface area contributed by atoms with Crippen molar-refractivity contribution in [3.63, 3.8) is 0 Å². The van der Waals surface area contributed by atoms with Gasteiger partial charge in [0.05, 0.1) is 21.1 Å². The summed E-state index contributed by atoms with van der Waals surface area (Å²) in [6.07, 6.45) is 4.89. The monoisotopic (exact) mass is 271 g/mol. The van der Waals surface area contributed by atoms with Gasteiger partial charge >= 0.3 is 5.97 Å². The van der Waals surface area contributed by atoms with Gasteiger partial charge in [-0.2, -0.15) is 0 Å². The van der Waals surface area contributed by atoms with Crippen LogP contribution in [0.4, 0.5) is 0 Å². The Balaban J connectivity index is 4.22. The molecule has 1 unspecified atom stereocenters. The fourth-order valence-electron chi connectivity index (χ4n) is 1.72. The first-order valence-corrected chi connectivity index (χ1v) is 6.55. The highest BCUT2D eigenvalue weighted by Crippen LogP contribution is 2.07. The van der Waals surface area contributed by atoms with Crippen LogP contribution in [0.3, 0.4) is 0 Å². The second-order valence-electron chi connectivity index (χ2n) is 5.62. The molecule has 0 spiro atoms. The molecule has 5 nitrogen and oxygen atoms in total. The highest BCUT2D eigenvalue weighted by molar-refractivity contribution is 5.70. The highest BCUT2D eigenvalue weighted by atomic mass is 16.5. The fourth-order valence-corrected chi connectivity index (χ4v) is 1.72. The minimum Gasteiger partial charge on any atom is -0.550 e. The maximum atomic E-state index is 11.6. The number of esters is 1. The zero-order chi connectivity index (χ0) is 14.9. The van der Waals surface area contributed by atoms with Crippen molar-refractivity contribution >= 4 is 11.9 Å². The van der Waals surface area contributed by atoms with E-state index in [-0.39, 0.29) is 12.4 Å². The van der Waals surface area contributed by atoms with E-state index in [2.05, 4.69) is 0 Å². The fraction of sp³-hybridized carbons (Fsp3) is 0.714. The van der Waals surface area contributed by atoms with E-state index in [0.29, 0.717) is 23.9 Å². The number of unbranched alkanes of at least 4 members (excludes halogenated alkanes) is 1. The number of nitrogens with zero attached hydrogens (tertiary/aromatic N) is 1. The Morgan fingerprint density at radius 2 is 1.95 bits per heavy atom. The molecule has 0 aromatic rings. The second kappa shape index (κ2) is 8.69. The van der Waals surface area contributed by atoms with Crippen molar-refractivity contribution in [2.45, 2.75) is 38.7 Å². The molecule has 0 aromatic heterocycles. The molecule has 0 rings (SSSR count). The average molecular weight is 271 g/mol. The Bertz CT molecular complexity index is 318. The number of carbonyl (C=O) groups excluding carboxylic acids is 2. The van der Waals surface area contributed by atoms with Crippen LogP contribution in [0.25, 0.3) is 0 Å². The highest BCUT2D eigenvalue weighted by Gasteiger charge is 2.22. The van der Waals surface area contributed by atoms with Crippen LogP contribution in [-0.4, -0.2) is 50.2 Å². The van der Waals surface area contributed by atoms with E-state index < -0.39 is 12.1 Å². The molecule has 5 heteroatoms. The van der Waals surface area contributed by atoms with Gasteiger partial charge in [0.2, 0.25) is 0 Å².